The molecule has 2 amide bonds. The fraction of sp³-hybridized carbons (Fsp3) is 0.310. The summed E-state index contributed by atoms with van der Waals surface area (Å²) in [4.78, 5) is 28.5. The number of carbonyl (C=O) groups excluding carboxylic acids is 2. The van der Waals surface area contributed by atoms with E-state index in [1.54, 1.807) is 16.7 Å². The maximum Gasteiger partial charge on any atom is 0.255 e. The highest BCUT2D eigenvalue weighted by Crippen LogP contribution is 2.33. The van der Waals surface area contributed by atoms with Crippen molar-refractivity contribution in [3.63, 3.8) is 0 Å². The van der Waals surface area contributed by atoms with Crippen LogP contribution in [0.5, 0.6) is 0 Å². The predicted molar refractivity (Wildman–Crippen MR) is 140 cm³/mol. The second-order valence-corrected chi connectivity index (χ2v) is 9.90. The summed E-state index contributed by atoms with van der Waals surface area (Å²) >= 11 is 1.69. The summed E-state index contributed by atoms with van der Waals surface area (Å²) in [5.74, 6) is 0.712. The van der Waals surface area contributed by atoms with Gasteiger partial charge in [-0.1, -0.05) is 85.8 Å². The molecule has 3 aromatic rings. The Kier molecular flexibility index (Phi) is 8.07. The smallest absolute Gasteiger partial charge is 0.255 e. The zero-order valence-electron chi connectivity index (χ0n) is 19.8. The molecule has 1 fully saturated rings. The molecule has 1 saturated heterocycles. The van der Waals surface area contributed by atoms with Crippen LogP contribution in [0, 0.1) is 6.92 Å². The first-order chi connectivity index (χ1) is 16.6. The van der Waals surface area contributed by atoms with Gasteiger partial charge in [0.2, 0.25) is 5.91 Å². The van der Waals surface area contributed by atoms with Gasteiger partial charge in [-0.3, -0.25) is 9.59 Å². The van der Waals surface area contributed by atoms with Gasteiger partial charge in [-0.15, -0.1) is 11.8 Å². The quantitative estimate of drug-likeness (QED) is 0.462. The highest BCUT2D eigenvalue weighted by atomic mass is 32.2. The molecule has 0 spiro atoms. The van der Waals surface area contributed by atoms with Crippen LogP contribution < -0.4 is 5.32 Å². The first-order valence-electron chi connectivity index (χ1n) is 12.0. The second-order valence-electron chi connectivity index (χ2n) is 8.69. The monoisotopic (exact) mass is 472 g/mol. The number of hydrogen-bond acceptors (Lipinski definition) is 3. The molecule has 0 radical (unpaired) electrons. The number of benzene rings is 3. The van der Waals surface area contributed by atoms with Gasteiger partial charge in [0.25, 0.3) is 5.91 Å². The van der Waals surface area contributed by atoms with Gasteiger partial charge < -0.3 is 10.2 Å². The minimum atomic E-state index is -0.450. The molecule has 3 aromatic carbocycles. The number of aryl methyl sites for hydroxylation is 1. The molecule has 1 heterocycles. The van der Waals surface area contributed by atoms with Crippen LogP contribution in [-0.4, -0.2) is 40.4 Å². The molecule has 5 heteroatoms. The van der Waals surface area contributed by atoms with E-state index in [9.17, 15) is 9.59 Å². The fourth-order valence-corrected chi connectivity index (χ4v) is 6.01. The van der Waals surface area contributed by atoms with Crippen molar-refractivity contribution < 1.29 is 9.59 Å². The minimum absolute atomic E-state index is 0.0178. The molecule has 34 heavy (non-hydrogen) atoms. The molecule has 4 rings (SSSR count). The SMILES string of the molecule is CCC1SCC(C(=O)NCCC(c2ccccc2)c2ccccc2)N1C(=O)c1ccccc1C. The highest BCUT2D eigenvalue weighted by Gasteiger charge is 2.41. The molecular formula is C29H32N2O2S. The van der Waals surface area contributed by atoms with Crippen molar-refractivity contribution in [3.05, 3.63) is 107 Å². The van der Waals surface area contributed by atoms with E-state index < -0.39 is 6.04 Å². The van der Waals surface area contributed by atoms with E-state index in [2.05, 4.69) is 60.8 Å². The number of carbonyl (C=O) groups is 2. The predicted octanol–water partition coefficient (Wildman–Crippen LogP) is 5.63. The molecule has 2 atom stereocenters. The van der Waals surface area contributed by atoms with E-state index >= 15 is 0 Å². The van der Waals surface area contributed by atoms with Crippen molar-refractivity contribution in [1.29, 1.82) is 0 Å². The van der Waals surface area contributed by atoms with Crippen molar-refractivity contribution in [2.24, 2.45) is 0 Å². The third-order valence-corrected chi connectivity index (χ3v) is 7.94. The third-order valence-electron chi connectivity index (χ3n) is 6.49. The van der Waals surface area contributed by atoms with E-state index in [1.165, 1.54) is 11.1 Å². The number of hydrogen-bond donors (Lipinski definition) is 1. The summed E-state index contributed by atoms with van der Waals surface area (Å²) in [6.45, 7) is 4.57. The lowest BCUT2D eigenvalue weighted by Crippen LogP contribution is -2.50. The van der Waals surface area contributed by atoms with Crippen LogP contribution in [0.15, 0.2) is 84.9 Å². The average molecular weight is 473 g/mol. The van der Waals surface area contributed by atoms with E-state index in [4.69, 9.17) is 0 Å². The Labute approximate surface area is 206 Å². The molecule has 0 saturated carbocycles. The number of amides is 2. The highest BCUT2D eigenvalue weighted by molar-refractivity contribution is 8.00. The zero-order chi connectivity index (χ0) is 23.9. The molecule has 1 aliphatic rings. The van der Waals surface area contributed by atoms with E-state index in [0.717, 1.165) is 18.4 Å². The number of nitrogens with one attached hydrogen (secondary N) is 1. The van der Waals surface area contributed by atoms with Gasteiger partial charge in [-0.05, 0) is 42.5 Å². The first-order valence-corrected chi connectivity index (χ1v) is 13.0. The molecule has 0 aromatic heterocycles. The summed E-state index contributed by atoms with van der Waals surface area (Å²) in [6.07, 6.45) is 1.61. The lowest BCUT2D eigenvalue weighted by molar-refractivity contribution is -0.124. The van der Waals surface area contributed by atoms with Crippen molar-refractivity contribution >= 4 is 23.6 Å². The lowest BCUT2D eigenvalue weighted by atomic mass is 9.88. The Morgan fingerprint density at radius 2 is 1.53 bits per heavy atom. The molecule has 2 unspecified atom stereocenters. The van der Waals surface area contributed by atoms with Crippen molar-refractivity contribution in [3.8, 4) is 0 Å². The van der Waals surface area contributed by atoms with E-state index in [-0.39, 0.29) is 23.1 Å². The third kappa shape index (κ3) is 5.36. The standard InChI is InChI=1S/C29H32N2O2S/c1-3-27-31(29(33)24-17-11-10-12-21(24)2)26(20-34-27)28(32)30-19-18-25(22-13-6-4-7-14-22)23-15-8-5-9-16-23/h4-17,25-27H,3,18-20H2,1-2H3,(H,30,32). The molecule has 1 N–H and O–H groups in total. The van der Waals surface area contributed by atoms with E-state index in [0.29, 0.717) is 17.9 Å². The Morgan fingerprint density at radius 1 is 0.941 bits per heavy atom. The Balaban J connectivity index is 1.46. The second kappa shape index (κ2) is 11.4. The van der Waals surface area contributed by atoms with Crippen LogP contribution in [-0.2, 0) is 4.79 Å². The summed E-state index contributed by atoms with van der Waals surface area (Å²) in [5.41, 5.74) is 4.09. The number of thioether (sulfide) groups is 1. The number of rotatable bonds is 8. The fourth-order valence-electron chi connectivity index (χ4n) is 4.66. The summed E-state index contributed by atoms with van der Waals surface area (Å²) in [7, 11) is 0. The van der Waals surface area contributed by atoms with Crippen molar-refractivity contribution in [1.82, 2.24) is 10.2 Å². The molecular weight excluding hydrogens is 440 g/mol. The molecule has 0 aliphatic carbocycles. The van der Waals surface area contributed by atoms with Gasteiger partial charge in [-0.25, -0.2) is 0 Å². The van der Waals surface area contributed by atoms with Crippen LogP contribution in [0.2, 0.25) is 0 Å². The first kappa shape index (κ1) is 24.1. The summed E-state index contributed by atoms with van der Waals surface area (Å²) in [5, 5.41) is 3.16. The van der Waals surface area contributed by atoms with Crippen LogP contribution in [0.25, 0.3) is 0 Å². The van der Waals surface area contributed by atoms with Gasteiger partial charge >= 0.3 is 0 Å². The lowest BCUT2D eigenvalue weighted by Gasteiger charge is -2.29. The maximum absolute atomic E-state index is 13.4. The Hall–Kier alpha value is -3.05. The summed E-state index contributed by atoms with van der Waals surface area (Å²) in [6, 6.07) is 28.0. The average Bonchev–Trinajstić information content (AvgIpc) is 3.32. The van der Waals surface area contributed by atoms with Gasteiger partial charge in [-0.2, -0.15) is 0 Å². The van der Waals surface area contributed by atoms with Gasteiger partial charge in [0.1, 0.15) is 6.04 Å². The Morgan fingerprint density at radius 3 is 2.12 bits per heavy atom. The van der Waals surface area contributed by atoms with Crippen LogP contribution in [0.4, 0.5) is 0 Å². The molecule has 0 bridgehead atoms. The van der Waals surface area contributed by atoms with Gasteiger partial charge in [0.15, 0.2) is 0 Å². The van der Waals surface area contributed by atoms with Crippen LogP contribution >= 0.6 is 11.8 Å². The zero-order valence-corrected chi connectivity index (χ0v) is 20.6. The Bertz CT molecular complexity index is 1060. The molecule has 176 valence electrons. The summed E-state index contributed by atoms with van der Waals surface area (Å²) < 4.78 is 0. The minimum Gasteiger partial charge on any atom is -0.354 e. The van der Waals surface area contributed by atoms with Gasteiger partial charge in [0.05, 0.1) is 5.37 Å². The topological polar surface area (TPSA) is 49.4 Å². The van der Waals surface area contributed by atoms with Crippen molar-refractivity contribution in [2.75, 3.05) is 12.3 Å². The van der Waals surface area contributed by atoms with Gasteiger partial charge in [0, 0.05) is 23.8 Å². The van der Waals surface area contributed by atoms with Crippen LogP contribution in [0.1, 0.15) is 52.7 Å². The normalized spacial score (nSPS) is 17.7. The molecule has 4 nitrogen and oxygen atoms in total. The maximum atomic E-state index is 13.4. The molecule has 1 aliphatic heterocycles. The van der Waals surface area contributed by atoms with Crippen LogP contribution in [0.3, 0.4) is 0 Å². The largest absolute Gasteiger partial charge is 0.354 e. The van der Waals surface area contributed by atoms with E-state index in [1.807, 2.05) is 43.3 Å². The van der Waals surface area contributed by atoms with Crippen molar-refractivity contribution in [2.45, 2.75) is 44.0 Å². The number of nitrogens with zero attached hydrogens (tertiary/aromatic N) is 1.